The van der Waals surface area contributed by atoms with E-state index in [4.69, 9.17) is 0 Å². The van der Waals surface area contributed by atoms with Crippen LogP contribution in [0.25, 0.3) is 0 Å². The van der Waals surface area contributed by atoms with E-state index >= 15 is 0 Å². The Hall–Kier alpha value is -1.06. The lowest BCUT2D eigenvalue weighted by Gasteiger charge is -2.16. The maximum Gasteiger partial charge on any atom is 0.233 e. The van der Waals surface area contributed by atoms with Gasteiger partial charge in [0.1, 0.15) is 0 Å². The molecular formula is C14H21ClN2O. The van der Waals surface area contributed by atoms with Gasteiger partial charge in [0.05, 0.1) is 6.54 Å². The van der Waals surface area contributed by atoms with E-state index in [2.05, 4.69) is 34.9 Å². The Balaban J connectivity index is 0.00000162. The Morgan fingerprint density at radius 1 is 1.28 bits per heavy atom. The van der Waals surface area contributed by atoms with Gasteiger partial charge in [-0.3, -0.25) is 4.79 Å². The van der Waals surface area contributed by atoms with Crippen molar-refractivity contribution in [1.29, 1.82) is 0 Å². The lowest BCUT2D eigenvalue weighted by Crippen LogP contribution is -2.36. The summed E-state index contributed by atoms with van der Waals surface area (Å²) in [6.45, 7) is 1.21. The van der Waals surface area contributed by atoms with Crippen LogP contribution in [0.5, 0.6) is 0 Å². The predicted molar refractivity (Wildman–Crippen MR) is 76.0 cm³/mol. The number of benzene rings is 1. The van der Waals surface area contributed by atoms with Gasteiger partial charge in [-0.15, -0.1) is 12.4 Å². The summed E-state index contributed by atoms with van der Waals surface area (Å²) in [5, 5.41) is 5.87. The van der Waals surface area contributed by atoms with Crippen LogP contribution in [0.1, 0.15) is 18.4 Å². The largest absolute Gasteiger partial charge is 0.354 e. The van der Waals surface area contributed by atoms with Gasteiger partial charge >= 0.3 is 0 Å². The van der Waals surface area contributed by atoms with Crippen LogP contribution < -0.4 is 10.6 Å². The highest BCUT2D eigenvalue weighted by atomic mass is 35.5. The molecule has 4 heteroatoms. The molecule has 1 amide bonds. The van der Waals surface area contributed by atoms with Gasteiger partial charge in [-0.1, -0.05) is 30.3 Å². The van der Waals surface area contributed by atoms with Crippen molar-refractivity contribution in [2.45, 2.75) is 19.3 Å². The molecule has 1 aliphatic carbocycles. The van der Waals surface area contributed by atoms with Crippen molar-refractivity contribution in [2.75, 3.05) is 20.1 Å². The van der Waals surface area contributed by atoms with Gasteiger partial charge < -0.3 is 10.6 Å². The van der Waals surface area contributed by atoms with Crippen molar-refractivity contribution in [3.63, 3.8) is 0 Å². The molecule has 0 heterocycles. The van der Waals surface area contributed by atoms with Crippen LogP contribution >= 0.6 is 12.4 Å². The molecule has 1 aromatic carbocycles. The molecule has 0 radical (unpaired) electrons. The predicted octanol–water partition coefficient (Wildman–Crippen LogP) is 1.77. The maximum absolute atomic E-state index is 11.4. The van der Waals surface area contributed by atoms with Crippen molar-refractivity contribution >= 4 is 18.3 Å². The van der Waals surface area contributed by atoms with Crippen molar-refractivity contribution in [3.8, 4) is 0 Å². The average Bonchev–Trinajstić information content (AvgIpc) is 3.09. The third-order valence-corrected chi connectivity index (χ3v) is 3.38. The van der Waals surface area contributed by atoms with Crippen LogP contribution in [0.3, 0.4) is 0 Å². The molecule has 0 spiro atoms. The zero-order valence-corrected chi connectivity index (χ0v) is 11.6. The molecule has 1 saturated carbocycles. The molecule has 100 valence electrons. The zero-order valence-electron chi connectivity index (χ0n) is 10.7. The quantitative estimate of drug-likeness (QED) is 0.826. The second kappa shape index (κ2) is 6.76. The first kappa shape index (κ1) is 15.0. The van der Waals surface area contributed by atoms with Crippen LogP contribution in [-0.4, -0.2) is 26.0 Å². The van der Waals surface area contributed by atoms with Crippen LogP contribution in [0, 0.1) is 5.41 Å². The monoisotopic (exact) mass is 268 g/mol. The molecule has 2 N–H and O–H groups in total. The molecule has 0 aliphatic heterocycles. The molecule has 1 aliphatic rings. The summed E-state index contributed by atoms with van der Waals surface area (Å²) in [7, 11) is 1.79. The highest BCUT2D eigenvalue weighted by Crippen LogP contribution is 2.47. The fourth-order valence-electron chi connectivity index (χ4n) is 2.13. The average molecular weight is 269 g/mol. The number of rotatable bonds is 6. The lowest BCUT2D eigenvalue weighted by atomic mass is 9.96. The van der Waals surface area contributed by atoms with E-state index in [1.165, 1.54) is 18.4 Å². The second-order valence-corrected chi connectivity index (χ2v) is 4.97. The Morgan fingerprint density at radius 3 is 2.50 bits per heavy atom. The van der Waals surface area contributed by atoms with Crippen LogP contribution in [-0.2, 0) is 11.2 Å². The third-order valence-electron chi connectivity index (χ3n) is 3.38. The highest BCUT2D eigenvalue weighted by Gasteiger charge is 2.42. The van der Waals surface area contributed by atoms with Crippen molar-refractivity contribution in [2.24, 2.45) is 5.41 Å². The molecule has 2 rings (SSSR count). The molecular weight excluding hydrogens is 248 g/mol. The molecule has 0 saturated heterocycles. The van der Waals surface area contributed by atoms with E-state index < -0.39 is 0 Å². The summed E-state index contributed by atoms with van der Waals surface area (Å²) in [5.41, 5.74) is 1.69. The van der Waals surface area contributed by atoms with E-state index in [-0.39, 0.29) is 18.3 Å². The minimum Gasteiger partial charge on any atom is -0.354 e. The maximum atomic E-state index is 11.4. The van der Waals surface area contributed by atoms with Crippen molar-refractivity contribution < 1.29 is 4.79 Å². The Bertz CT molecular complexity index is 377. The minimum absolute atomic E-state index is 0. The molecule has 3 nitrogen and oxygen atoms in total. The van der Waals surface area contributed by atoms with Crippen molar-refractivity contribution in [1.82, 2.24) is 10.6 Å². The van der Waals surface area contributed by atoms with E-state index in [0.29, 0.717) is 12.0 Å². The zero-order chi connectivity index (χ0) is 12.1. The Kier molecular flexibility index (Phi) is 5.63. The molecule has 1 fully saturated rings. The Morgan fingerprint density at radius 2 is 1.94 bits per heavy atom. The van der Waals surface area contributed by atoms with E-state index in [1.54, 1.807) is 7.05 Å². The van der Waals surface area contributed by atoms with E-state index in [0.717, 1.165) is 13.0 Å². The molecule has 1 aromatic rings. The highest BCUT2D eigenvalue weighted by molar-refractivity contribution is 5.85. The first-order valence-corrected chi connectivity index (χ1v) is 6.19. The fraction of sp³-hybridized carbons (Fsp3) is 0.500. The number of halogens is 1. The summed E-state index contributed by atoms with van der Waals surface area (Å²) in [6.07, 6.45) is 3.52. The summed E-state index contributed by atoms with van der Waals surface area (Å²) < 4.78 is 0. The summed E-state index contributed by atoms with van der Waals surface area (Å²) in [4.78, 5) is 11.4. The number of hydrogen-bond acceptors (Lipinski definition) is 2. The van der Waals surface area contributed by atoms with Crippen LogP contribution in [0.4, 0.5) is 0 Å². The number of carbonyl (C=O) groups excluding carboxylic acids is 1. The molecule has 18 heavy (non-hydrogen) atoms. The van der Waals surface area contributed by atoms with Gasteiger partial charge in [0.15, 0.2) is 0 Å². The Labute approximate surface area is 115 Å². The number of amides is 1. The van der Waals surface area contributed by atoms with Gasteiger partial charge in [-0.2, -0.15) is 0 Å². The first-order valence-electron chi connectivity index (χ1n) is 6.19. The molecule has 0 unspecified atom stereocenters. The number of hydrogen-bond donors (Lipinski definition) is 2. The van der Waals surface area contributed by atoms with Crippen LogP contribution in [0.2, 0.25) is 0 Å². The summed E-state index contributed by atoms with van der Waals surface area (Å²) in [6, 6.07) is 10.5. The van der Waals surface area contributed by atoms with Gasteiger partial charge in [0.25, 0.3) is 0 Å². The topological polar surface area (TPSA) is 41.1 Å². The van der Waals surface area contributed by atoms with Gasteiger partial charge in [0, 0.05) is 6.54 Å². The smallest absolute Gasteiger partial charge is 0.233 e. The molecule has 0 bridgehead atoms. The van der Waals surface area contributed by atoms with Gasteiger partial charge in [-0.05, 0) is 37.3 Å². The van der Waals surface area contributed by atoms with Crippen molar-refractivity contribution in [3.05, 3.63) is 35.9 Å². The minimum atomic E-state index is 0. The van der Waals surface area contributed by atoms with E-state index in [9.17, 15) is 4.79 Å². The first-order chi connectivity index (χ1) is 8.24. The summed E-state index contributed by atoms with van der Waals surface area (Å²) >= 11 is 0. The summed E-state index contributed by atoms with van der Waals surface area (Å²) in [5.74, 6) is 0.0897. The molecule has 0 aromatic heterocycles. The van der Waals surface area contributed by atoms with Gasteiger partial charge in [-0.25, -0.2) is 0 Å². The number of carbonyl (C=O) groups is 1. The SMILES string of the molecule is CNCC(=O)NCC1(Cc2ccccc2)CC1.Cl. The van der Waals surface area contributed by atoms with Gasteiger partial charge in [0.2, 0.25) is 5.91 Å². The van der Waals surface area contributed by atoms with Crippen LogP contribution in [0.15, 0.2) is 30.3 Å². The standard InChI is InChI=1S/C14H20N2O.ClH/c1-15-10-13(17)16-11-14(7-8-14)9-12-5-3-2-4-6-12;/h2-6,15H,7-11H2,1H3,(H,16,17);1H. The number of nitrogens with one attached hydrogen (secondary N) is 2. The fourth-order valence-corrected chi connectivity index (χ4v) is 2.13. The second-order valence-electron chi connectivity index (χ2n) is 4.97. The normalized spacial score (nSPS) is 15.6. The number of likely N-dealkylation sites (N-methyl/N-ethyl adjacent to an activating group) is 1. The lowest BCUT2D eigenvalue weighted by molar-refractivity contribution is -0.120. The molecule has 0 atom stereocenters. The van der Waals surface area contributed by atoms with E-state index in [1.807, 2.05) is 6.07 Å². The third kappa shape index (κ3) is 4.31.